The highest BCUT2D eigenvalue weighted by Gasteiger charge is 2.19. The van der Waals surface area contributed by atoms with Crippen LogP contribution in [0.15, 0.2) is 30.3 Å². The second-order valence-corrected chi connectivity index (χ2v) is 4.97. The summed E-state index contributed by atoms with van der Waals surface area (Å²) in [5, 5.41) is 3.36. The maximum atomic E-state index is 10.6. The van der Waals surface area contributed by atoms with Crippen LogP contribution in [0.5, 0.6) is 0 Å². The molecule has 0 radical (unpaired) electrons. The van der Waals surface area contributed by atoms with E-state index in [2.05, 4.69) is 17.4 Å². The minimum absolute atomic E-state index is 0.0213. The molecule has 3 nitrogen and oxygen atoms in total. The molecule has 0 saturated carbocycles. The van der Waals surface area contributed by atoms with Gasteiger partial charge in [-0.2, -0.15) is 0 Å². The average Bonchev–Trinajstić information content (AvgIpc) is 2.41. The van der Waals surface area contributed by atoms with E-state index < -0.39 is 0 Å². The van der Waals surface area contributed by atoms with E-state index in [1.807, 2.05) is 18.2 Å². The molecule has 1 unspecified atom stereocenters. The lowest BCUT2D eigenvalue weighted by Gasteiger charge is -2.26. The van der Waals surface area contributed by atoms with Crippen LogP contribution < -0.4 is 5.32 Å². The summed E-state index contributed by atoms with van der Waals surface area (Å²) < 4.78 is 5.25. The van der Waals surface area contributed by atoms with E-state index in [0.717, 1.165) is 25.9 Å². The van der Waals surface area contributed by atoms with Crippen molar-refractivity contribution in [3.05, 3.63) is 35.9 Å². The maximum absolute atomic E-state index is 10.6. The fraction of sp³-hybridized carbons (Fsp3) is 0.533. The van der Waals surface area contributed by atoms with Crippen molar-refractivity contribution in [2.45, 2.75) is 31.8 Å². The topological polar surface area (TPSA) is 38.3 Å². The standard InChI is InChI=1S/C15H21NO2/c17-12-18-15(10-13-4-2-1-3-5-13)11-14-6-8-16-9-7-14/h1-5,12,14-16H,6-11H2. The van der Waals surface area contributed by atoms with Crippen molar-refractivity contribution in [2.75, 3.05) is 13.1 Å². The molecule has 1 N–H and O–H groups in total. The second kappa shape index (κ2) is 7.17. The van der Waals surface area contributed by atoms with E-state index in [-0.39, 0.29) is 6.10 Å². The zero-order valence-electron chi connectivity index (χ0n) is 10.7. The smallest absolute Gasteiger partial charge is 0.293 e. The number of hydrogen-bond acceptors (Lipinski definition) is 3. The Bertz CT molecular complexity index is 347. The summed E-state index contributed by atoms with van der Waals surface area (Å²) in [7, 11) is 0. The van der Waals surface area contributed by atoms with E-state index in [1.165, 1.54) is 18.4 Å². The maximum Gasteiger partial charge on any atom is 0.293 e. The van der Waals surface area contributed by atoms with E-state index in [0.29, 0.717) is 12.4 Å². The Labute approximate surface area is 109 Å². The molecule has 0 amide bonds. The van der Waals surface area contributed by atoms with Gasteiger partial charge in [-0.05, 0) is 43.8 Å². The Hall–Kier alpha value is -1.35. The normalized spacial score (nSPS) is 18.2. The van der Waals surface area contributed by atoms with Gasteiger partial charge in [0.05, 0.1) is 0 Å². The fourth-order valence-corrected chi connectivity index (χ4v) is 2.63. The minimum Gasteiger partial charge on any atom is -0.464 e. The Kier molecular flexibility index (Phi) is 5.21. The number of ether oxygens (including phenoxy) is 1. The largest absolute Gasteiger partial charge is 0.464 e. The SMILES string of the molecule is O=COC(Cc1ccccc1)CC1CCNCC1. The number of carbonyl (C=O) groups is 1. The van der Waals surface area contributed by atoms with Crippen molar-refractivity contribution in [3.63, 3.8) is 0 Å². The third-order valence-electron chi connectivity index (χ3n) is 3.61. The third-order valence-corrected chi connectivity index (χ3v) is 3.61. The predicted octanol–water partition coefficient (Wildman–Crippen LogP) is 2.16. The molecule has 1 heterocycles. The molecular formula is C15H21NO2. The molecule has 18 heavy (non-hydrogen) atoms. The summed E-state index contributed by atoms with van der Waals surface area (Å²) in [5.74, 6) is 0.680. The highest BCUT2D eigenvalue weighted by molar-refractivity contribution is 5.37. The summed E-state index contributed by atoms with van der Waals surface area (Å²) in [4.78, 5) is 10.6. The molecule has 98 valence electrons. The van der Waals surface area contributed by atoms with E-state index in [9.17, 15) is 4.79 Å². The van der Waals surface area contributed by atoms with Gasteiger partial charge in [-0.3, -0.25) is 4.79 Å². The number of nitrogens with one attached hydrogen (secondary N) is 1. The first-order chi connectivity index (χ1) is 8.88. The van der Waals surface area contributed by atoms with Crippen molar-refractivity contribution in [2.24, 2.45) is 5.92 Å². The minimum atomic E-state index is 0.0213. The lowest BCUT2D eigenvalue weighted by Crippen LogP contribution is -2.30. The summed E-state index contributed by atoms with van der Waals surface area (Å²) in [5.41, 5.74) is 1.23. The summed E-state index contributed by atoms with van der Waals surface area (Å²) >= 11 is 0. The zero-order valence-corrected chi connectivity index (χ0v) is 10.7. The van der Waals surface area contributed by atoms with E-state index in [4.69, 9.17) is 4.74 Å². The Balaban J connectivity index is 1.88. The average molecular weight is 247 g/mol. The van der Waals surface area contributed by atoms with Crippen LogP contribution in [0.2, 0.25) is 0 Å². The first kappa shape index (κ1) is 13.1. The molecule has 3 heteroatoms. The lowest BCUT2D eigenvalue weighted by atomic mass is 9.90. The number of hydrogen-bond donors (Lipinski definition) is 1. The van der Waals surface area contributed by atoms with Crippen LogP contribution >= 0.6 is 0 Å². The molecule has 1 aromatic rings. The Morgan fingerprint density at radius 1 is 1.28 bits per heavy atom. The van der Waals surface area contributed by atoms with Gasteiger partial charge in [0.25, 0.3) is 6.47 Å². The van der Waals surface area contributed by atoms with Crippen LogP contribution in [0.3, 0.4) is 0 Å². The molecule has 1 atom stereocenters. The number of piperidine rings is 1. The second-order valence-electron chi connectivity index (χ2n) is 4.97. The molecule has 1 aliphatic rings. The van der Waals surface area contributed by atoms with Gasteiger partial charge in [0.15, 0.2) is 0 Å². The van der Waals surface area contributed by atoms with Crippen LogP contribution in [0, 0.1) is 5.92 Å². The van der Waals surface area contributed by atoms with Crippen LogP contribution in [-0.4, -0.2) is 25.7 Å². The molecule has 0 aromatic heterocycles. The number of benzene rings is 1. The van der Waals surface area contributed by atoms with Crippen molar-refractivity contribution in [3.8, 4) is 0 Å². The molecule has 0 spiro atoms. The number of rotatable bonds is 6. The lowest BCUT2D eigenvalue weighted by molar-refractivity contribution is -0.134. The fourth-order valence-electron chi connectivity index (χ4n) is 2.63. The summed E-state index contributed by atoms with van der Waals surface area (Å²) in [6.07, 6.45) is 4.20. The van der Waals surface area contributed by atoms with Crippen LogP contribution in [0.25, 0.3) is 0 Å². The van der Waals surface area contributed by atoms with Crippen molar-refractivity contribution < 1.29 is 9.53 Å². The van der Waals surface area contributed by atoms with Crippen LogP contribution in [-0.2, 0) is 16.0 Å². The molecule has 2 rings (SSSR count). The predicted molar refractivity (Wildman–Crippen MR) is 71.3 cm³/mol. The monoisotopic (exact) mass is 247 g/mol. The zero-order chi connectivity index (χ0) is 12.6. The quantitative estimate of drug-likeness (QED) is 0.783. The van der Waals surface area contributed by atoms with Gasteiger partial charge in [0.1, 0.15) is 6.10 Å². The van der Waals surface area contributed by atoms with Gasteiger partial charge in [0.2, 0.25) is 0 Å². The van der Waals surface area contributed by atoms with Gasteiger partial charge in [0, 0.05) is 6.42 Å². The molecule has 1 aliphatic heterocycles. The van der Waals surface area contributed by atoms with E-state index >= 15 is 0 Å². The van der Waals surface area contributed by atoms with Gasteiger partial charge >= 0.3 is 0 Å². The first-order valence-corrected chi connectivity index (χ1v) is 6.72. The van der Waals surface area contributed by atoms with Gasteiger partial charge in [-0.15, -0.1) is 0 Å². The molecule has 1 aromatic carbocycles. The molecule has 0 bridgehead atoms. The molecule has 1 fully saturated rings. The highest BCUT2D eigenvalue weighted by atomic mass is 16.5. The van der Waals surface area contributed by atoms with E-state index in [1.54, 1.807) is 0 Å². The first-order valence-electron chi connectivity index (χ1n) is 6.72. The summed E-state index contributed by atoms with van der Waals surface area (Å²) in [6, 6.07) is 10.2. The van der Waals surface area contributed by atoms with Crippen molar-refractivity contribution in [1.82, 2.24) is 5.32 Å². The van der Waals surface area contributed by atoms with Crippen LogP contribution in [0.1, 0.15) is 24.8 Å². The molecular weight excluding hydrogens is 226 g/mol. The van der Waals surface area contributed by atoms with Crippen molar-refractivity contribution >= 4 is 6.47 Å². The van der Waals surface area contributed by atoms with Crippen molar-refractivity contribution in [1.29, 1.82) is 0 Å². The highest BCUT2D eigenvalue weighted by Crippen LogP contribution is 2.21. The Morgan fingerprint density at radius 2 is 2.00 bits per heavy atom. The van der Waals surface area contributed by atoms with Gasteiger partial charge in [-0.25, -0.2) is 0 Å². The van der Waals surface area contributed by atoms with Crippen LogP contribution in [0.4, 0.5) is 0 Å². The summed E-state index contributed by atoms with van der Waals surface area (Å²) in [6.45, 7) is 2.77. The van der Waals surface area contributed by atoms with Gasteiger partial charge < -0.3 is 10.1 Å². The molecule has 0 aliphatic carbocycles. The third kappa shape index (κ3) is 4.15. The Morgan fingerprint density at radius 3 is 2.67 bits per heavy atom. The molecule has 1 saturated heterocycles. The van der Waals surface area contributed by atoms with Gasteiger partial charge in [-0.1, -0.05) is 30.3 Å². The number of carbonyl (C=O) groups excluding carboxylic acids is 1.